The molecule has 3 N–H and O–H groups in total. The van der Waals surface area contributed by atoms with E-state index >= 15 is 0 Å². The van der Waals surface area contributed by atoms with Crippen LogP contribution in [0.15, 0.2) is 60.0 Å². The van der Waals surface area contributed by atoms with Crippen LogP contribution >= 0.6 is 0 Å². The van der Waals surface area contributed by atoms with Gasteiger partial charge in [-0.25, -0.2) is 8.42 Å². The lowest BCUT2D eigenvalue weighted by Gasteiger charge is -2.08. The number of nitrogens with two attached hydrogens (primary N) is 1. The number of sulfonamides is 1. The van der Waals surface area contributed by atoms with E-state index < -0.39 is 15.9 Å². The van der Waals surface area contributed by atoms with E-state index in [4.69, 9.17) is 5.73 Å². The maximum atomic E-state index is 12.0. The smallest absolute Gasteiger partial charge is 0.255 e. The normalized spacial score (nSPS) is 11.4. The zero-order chi connectivity index (χ0) is 15.3. The second-order valence-electron chi connectivity index (χ2n) is 4.27. The highest BCUT2D eigenvalue weighted by molar-refractivity contribution is 7.95. The van der Waals surface area contributed by atoms with Gasteiger partial charge in [-0.05, 0) is 23.8 Å². The molecule has 0 spiro atoms. The molecular weight excluding hydrogens is 288 g/mol. The summed E-state index contributed by atoms with van der Waals surface area (Å²) in [7, 11) is -3.73. The zero-order valence-electron chi connectivity index (χ0n) is 11.1. The summed E-state index contributed by atoms with van der Waals surface area (Å²) in [6, 6.07) is 15.2. The van der Waals surface area contributed by atoms with Crippen LogP contribution in [0.2, 0.25) is 0 Å². The number of hydrogen-bond acceptors (Lipinski definition) is 3. The van der Waals surface area contributed by atoms with Gasteiger partial charge in [0.05, 0.1) is 16.7 Å². The first-order chi connectivity index (χ1) is 9.98. The maximum Gasteiger partial charge on any atom is 0.255 e. The molecule has 2 aromatic carbocycles. The van der Waals surface area contributed by atoms with Crippen LogP contribution in [0.1, 0.15) is 15.9 Å². The SMILES string of the molecule is NC(=O)c1ccccc1NS(=O)(=O)C=Cc1ccccc1. The molecule has 21 heavy (non-hydrogen) atoms. The minimum absolute atomic E-state index is 0.120. The van der Waals surface area contributed by atoms with E-state index in [1.54, 1.807) is 24.3 Å². The first-order valence-electron chi connectivity index (χ1n) is 6.13. The fraction of sp³-hybridized carbons (Fsp3) is 0. The van der Waals surface area contributed by atoms with Gasteiger partial charge in [0.2, 0.25) is 0 Å². The van der Waals surface area contributed by atoms with Crippen LogP contribution in [-0.4, -0.2) is 14.3 Å². The number of carbonyl (C=O) groups is 1. The summed E-state index contributed by atoms with van der Waals surface area (Å²) in [5.41, 5.74) is 6.24. The summed E-state index contributed by atoms with van der Waals surface area (Å²) in [6.45, 7) is 0. The number of nitrogens with one attached hydrogen (secondary N) is 1. The van der Waals surface area contributed by atoms with Gasteiger partial charge in [0.25, 0.3) is 15.9 Å². The molecule has 2 aromatic rings. The van der Waals surface area contributed by atoms with Crippen molar-refractivity contribution >= 4 is 27.7 Å². The van der Waals surface area contributed by atoms with E-state index in [-0.39, 0.29) is 11.3 Å². The van der Waals surface area contributed by atoms with Gasteiger partial charge in [0.1, 0.15) is 0 Å². The molecule has 0 atom stereocenters. The maximum absolute atomic E-state index is 12.0. The average Bonchev–Trinajstić information content (AvgIpc) is 2.46. The molecule has 0 fully saturated rings. The van der Waals surface area contributed by atoms with Crippen LogP contribution in [0.4, 0.5) is 5.69 Å². The van der Waals surface area contributed by atoms with Crippen molar-refractivity contribution in [2.75, 3.05) is 4.72 Å². The number of anilines is 1. The molecule has 0 bridgehead atoms. The van der Waals surface area contributed by atoms with Crippen LogP contribution in [0, 0.1) is 0 Å². The van der Waals surface area contributed by atoms with Gasteiger partial charge >= 0.3 is 0 Å². The Labute approximate surface area is 123 Å². The van der Waals surface area contributed by atoms with Crippen molar-refractivity contribution in [3.8, 4) is 0 Å². The molecule has 2 rings (SSSR count). The number of hydrogen-bond donors (Lipinski definition) is 2. The molecule has 108 valence electrons. The van der Waals surface area contributed by atoms with Crippen molar-refractivity contribution in [1.82, 2.24) is 0 Å². The van der Waals surface area contributed by atoms with Crippen molar-refractivity contribution in [2.45, 2.75) is 0 Å². The lowest BCUT2D eigenvalue weighted by Crippen LogP contribution is -2.16. The third-order valence-corrected chi connectivity index (χ3v) is 3.68. The number of rotatable bonds is 5. The standard InChI is InChI=1S/C15H14N2O3S/c16-15(18)13-8-4-5-9-14(13)17-21(19,20)11-10-12-6-2-1-3-7-12/h1-11,17H,(H2,16,18). The van der Waals surface area contributed by atoms with Gasteiger partial charge in [0, 0.05) is 0 Å². The molecular formula is C15H14N2O3S. The lowest BCUT2D eigenvalue weighted by atomic mass is 10.2. The topological polar surface area (TPSA) is 89.3 Å². The van der Waals surface area contributed by atoms with Gasteiger partial charge in [-0.3, -0.25) is 9.52 Å². The minimum atomic E-state index is -3.73. The quantitative estimate of drug-likeness (QED) is 0.887. The summed E-state index contributed by atoms with van der Waals surface area (Å²) >= 11 is 0. The largest absolute Gasteiger partial charge is 0.366 e. The van der Waals surface area contributed by atoms with E-state index in [0.29, 0.717) is 0 Å². The molecule has 6 heteroatoms. The molecule has 5 nitrogen and oxygen atoms in total. The van der Waals surface area contributed by atoms with Gasteiger partial charge in [-0.1, -0.05) is 42.5 Å². The average molecular weight is 302 g/mol. The van der Waals surface area contributed by atoms with Gasteiger partial charge in [-0.2, -0.15) is 0 Å². The van der Waals surface area contributed by atoms with Crippen molar-refractivity contribution in [1.29, 1.82) is 0 Å². The van der Waals surface area contributed by atoms with Crippen LogP contribution in [0.25, 0.3) is 6.08 Å². The Morgan fingerprint density at radius 3 is 2.29 bits per heavy atom. The Morgan fingerprint density at radius 1 is 1.00 bits per heavy atom. The summed E-state index contributed by atoms with van der Waals surface area (Å²) in [5.74, 6) is -0.694. The van der Waals surface area contributed by atoms with Crippen molar-refractivity contribution in [2.24, 2.45) is 5.73 Å². The van der Waals surface area contributed by atoms with Crippen molar-refractivity contribution < 1.29 is 13.2 Å². The predicted molar refractivity (Wildman–Crippen MR) is 83.0 cm³/mol. The minimum Gasteiger partial charge on any atom is -0.366 e. The molecule has 0 saturated heterocycles. The first-order valence-corrected chi connectivity index (χ1v) is 7.67. The van der Waals surface area contributed by atoms with E-state index in [2.05, 4.69) is 4.72 Å². The Morgan fingerprint density at radius 2 is 1.62 bits per heavy atom. The number of benzene rings is 2. The second kappa shape index (κ2) is 6.23. The van der Waals surface area contributed by atoms with Crippen LogP contribution in [0.5, 0.6) is 0 Å². The fourth-order valence-corrected chi connectivity index (χ4v) is 2.60. The zero-order valence-corrected chi connectivity index (χ0v) is 11.9. The molecule has 0 aliphatic heterocycles. The highest BCUT2D eigenvalue weighted by atomic mass is 32.2. The van der Waals surface area contributed by atoms with Gasteiger partial charge in [-0.15, -0.1) is 0 Å². The van der Waals surface area contributed by atoms with E-state index in [9.17, 15) is 13.2 Å². The fourth-order valence-electron chi connectivity index (χ4n) is 1.71. The van der Waals surface area contributed by atoms with Crippen LogP contribution < -0.4 is 10.5 Å². The second-order valence-corrected chi connectivity index (χ2v) is 5.84. The Bertz CT molecular complexity index is 769. The van der Waals surface area contributed by atoms with Crippen LogP contribution in [-0.2, 0) is 10.0 Å². The molecule has 0 aromatic heterocycles. The van der Waals surface area contributed by atoms with Crippen LogP contribution in [0.3, 0.4) is 0 Å². The van der Waals surface area contributed by atoms with Gasteiger partial charge in [0.15, 0.2) is 0 Å². The lowest BCUT2D eigenvalue weighted by molar-refractivity contribution is 0.100. The monoisotopic (exact) mass is 302 g/mol. The molecule has 0 radical (unpaired) electrons. The highest BCUT2D eigenvalue weighted by Crippen LogP contribution is 2.16. The molecule has 0 unspecified atom stereocenters. The Hall–Kier alpha value is -2.60. The molecule has 0 aliphatic rings. The summed E-state index contributed by atoms with van der Waals surface area (Å²) < 4.78 is 26.3. The molecule has 0 aliphatic carbocycles. The number of carbonyl (C=O) groups excluding carboxylic acids is 1. The van der Waals surface area contributed by atoms with Gasteiger partial charge < -0.3 is 5.73 Å². The number of primary amides is 1. The third-order valence-electron chi connectivity index (χ3n) is 2.68. The molecule has 0 saturated carbocycles. The van der Waals surface area contributed by atoms with E-state index in [1.165, 1.54) is 18.2 Å². The third kappa shape index (κ3) is 4.19. The van der Waals surface area contributed by atoms with E-state index in [1.807, 2.05) is 18.2 Å². The van der Waals surface area contributed by atoms with Crippen molar-refractivity contribution in [3.63, 3.8) is 0 Å². The van der Waals surface area contributed by atoms with E-state index in [0.717, 1.165) is 11.0 Å². The Kier molecular flexibility index (Phi) is 4.39. The molecule has 0 heterocycles. The molecule has 1 amide bonds. The first kappa shape index (κ1) is 14.8. The number of para-hydroxylation sites is 1. The summed E-state index contributed by atoms with van der Waals surface area (Å²) in [6.07, 6.45) is 1.47. The Balaban J connectivity index is 2.23. The number of amides is 1. The van der Waals surface area contributed by atoms with Crippen molar-refractivity contribution in [3.05, 3.63) is 71.1 Å². The summed E-state index contributed by atoms with van der Waals surface area (Å²) in [4.78, 5) is 11.3. The summed E-state index contributed by atoms with van der Waals surface area (Å²) in [5, 5.41) is 1.04. The predicted octanol–water partition coefficient (Wildman–Crippen LogP) is 2.20. The highest BCUT2D eigenvalue weighted by Gasteiger charge is 2.12.